The molecular formula is C26H27NO3S2. The smallest absolute Gasteiger partial charge is 0.341 e. The van der Waals surface area contributed by atoms with Gasteiger partial charge in [0.15, 0.2) is 0 Å². The van der Waals surface area contributed by atoms with Gasteiger partial charge in [0.2, 0.25) is 5.91 Å². The van der Waals surface area contributed by atoms with Gasteiger partial charge in [0.1, 0.15) is 10.3 Å². The Labute approximate surface area is 197 Å². The monoisotopic (exact) mass is 465 g/mol. The van der Waals surface area contributed by atoms with Crippen LogP contribution in [0, 0.1) is 5.92 Å². The number of benzene rings is 2. The first-order chi connectivity index (χ1) is 15.6. The summed E-state index contributed by atoms with van der Waals surface area (Å²) in [4.78, 5) is 28.4. The summed E-state index contributed by atoms with van der Waals surface area (Å²) >= 11 is 3.03. The van der Waals surface area contributed by atoms with E-state index in [4.69, 9.17) is 4.74 Å². The quantitative estimate of drug-likeness (QED) is 0.319. The lowest BCUT2D eigenvalue weighted by atomic mass is 9.85. The van der Waals surface area contributed by atoms with E-state index in [0.717, 1.165) is 41.7 Å². The normalized spacial score (nSPS) is 16.1. The highest BCUT2D eigenvalue weighted by molar-refractivity contribution is 8.00. The van der Waals surface area contributed by atoms with E-state index in [-0.39, 0.29) is 11.9 Å². The number of carbonyl (C=O) groups is 2. The molecule has 166 valence electrons. The number of esters is 1. The molecule has 0 unspecified atom stereocenters. The van der Waals surface area contributed by atoms with Gasteiger partial charge < -0.3 is 10.1 Å². The Morgan fingerprint density at radius 1 is 1.12 bits per heavy atom. The fraction of sp³-hybridized carbons (Fsp3) is 0.308. The highest BCUT2D eigenvalue weighted by Gasteiger charge is 2.31. The zero-order chi connectivity index (χ0) is 22.5. The minimum Gasteiger partial charge on any atom is -0.465 e. The molecule has 1 aliphatic carbocycles. The number of ether oxygens (including phenoxy) is 1. The maximum absolute atomic E-state index is 13.5. The van der Waals surface area contributed by atoms with E-state index in [1.54, 1.807) is 0 Å². The van der Waals surface area contributed by atoms with E-state index in [2.05, 4.69) is 12.2 Å². The Hall–Kier alpha value is -2.57. The highest BCUT2D eigenvalue weighted by atomic mass is 32.2. The maximum atomic E-state index is 13.5. The van der Waals surface area contributed by atoms with E-state index < -0.39 is 5.25 Å². The summed E-state index contributed by atoms with van der Waals surface area (Å²) < 4.78 is 5.09. The SMILES string of the molecule is CC[C@@H]1CCc2c(sc(NC(=O)[C@H](Sc3ccccc3)c3ccccc3)c2C(=O)OC)C1. The summed E-state index contributed by atoms with van der Waals surface area (Å²) in [5, 5.41) is 3.26. The summed E-state index contributed by atoms with van der Waals surface area (Å²) in [6, 6.07) is 19.7. The third-order valence-electron chi connectivity index (χ3n) is 5.91. The Morgan fingerprint density at radius 3 is 2.47 bits per heavy atom. The zero-order valence-electron chi connectivity index (χ0n) is 18.3. The number of anilines is 1. The molecule has 0 bridgehead atoms. The largest absolute Gasteiger partial charge is 0.465 e. The van der Waals surface area contributed by atoms with E-state index >= 15 is 0 Å². The van der Waals surface area contributed by atoms with Crippen LogP contribution in [0.25, 0.3) is 0 Å². The molecule has 1 N–H and O–H groups in total. The van der Waals surface area contributed by atoms with Gasteiger partial charge in [-0.1, -0.05) is 61.9 Å². The van der Waals surface area contributed by atoms with Crippen LogP contribution in [0.3, 0.4) is 0 Å². The second-order valence-electron chi connectivity index (χ2n) is 7.93. The van der Waals surface area contributed by atoms with Crippen LogP contribution >= 0.6 is 23.1 Å². The number of fused-ring (bicyclic) bond motifs is 1. The van der Waals surface area contributed by atoms with Crippen LogP contribution in [0.15, 0.2) is 65.6 Å². The van der Waals surface area contributed by atoms with Crippen molar-refractivity contribution in [2.45, 2.75) is 42.8 Å². The molecule has 1 heterocycles. The molecule has 32 heavy (non-hydrogen) atoms. The average Bonchev–Trinajstić information content (AvgIpc) is 3.19. The van der Waals surface area contributed by atoms with Crippen LogP contribution in [0.1, 0.15) is 51.4 Å². The lowest BCUT2D eigenvalue weighted by Gasteiger charge is -2.20. The molecule has 3 aromatic rings. The van der Waals surface area contributed by atoms with Gasteiger partial charge >= 0.3 is 5.97 Å². The summed E-state index contributed by atoms with van der Waals surface area (Å²) in [5.74, 6) is 0.112. The summed E-state index contributed by atoms with van der Waals surface area (Å²) in [6.07, 6.45) is 3.99. The number of amides is 1. The predicted molar refractivity (Wildman–Crippen MR) is 132 cm³/mol. The molecule has 4 nitrogen and oxygen atoms in total. The van der Waals surface area contributed by atoms with Gasteiger partial charge in [-0.15, -0.1) is 23.1 Å². The first-order valence-corrected chi connectivity index (χ1v) is 12.6. The second-order valence-corrected chi connectivity index (χ2v) is 10.2. The topological polar surface area (TPSA) is 55.4 Å². The van der Waals surface area contributed by atoms with Gasteiger partial charge in [-0.25, -0.2) is 4.79 Å². The van der Waals surface area contributed by atoms with Crippen molar-refractivity contribution < 1.29 is 14.3 Å². The first-order valence-electron chi connectivity index (χ1n) is 10.9. The van der Waals surface area contributed by atoms with Crippen LogP contribution in [-0.2, 0) is 22.4 Å². The summed E-state index contributed by atoms with van der Waals surface area (Å²) in [7, 11) is 1.40. The summed E-state index contributed by atoms with van der Waals surface area (Å²) in [5.41, 5.74) is 2.51. The molecule has 0 saturated heterocycles. The minimum absolute atomic E-state index is 0.138. The van der Waals surface area contributed by atoms with Crippen LogP contribution in [-0.4, -0.2) is 19.0 Å². The standard InChI is InChI=1S/C26H27NO3S2/c1-3-17-14-15-20-21(16-17)32-25(22(20)26(29)30-2)27-24(28)23(18-10-6-4-7-11-18)31-19-12-8-5-9-13-19/h4-13,17,23H,3,14-16H2,1-2H3,(H,27,28)/t17-,23-/m1/s1. The number of carbonyl (C=O) groups excluding carboxylic acids is 2. The van der Waals surface area contributed by atoms with Crippen molar-refractivity contribution in [1.82, 2.24) is 0 Å². The molecular weight excluding hydrogens is 438 g/mol. The summed E-state index contributed by atoms with van der Waals surface area (Å²) in [6.45, 7) is 2.21. The van der Waals surface area contributed by atoms with E-state index in [9.17, 15) is 9.59 Å². The third-order valence-corrected chi connectivity index (χ3v) is 8.34. The van der Waals surface area contributed by atoms with Crippen molar-refractivity contribution in [2.24, 2.45) is 5.92 Å². The second kappa shape index (κ2) is 10.4. The van der Waals surface area contributed by atoms with E-state index in [0.29, 0.717) is 16.5 Å². The molecule has 0 radical (unpaired) electrons. The minimum atomic E-state index is -0.438. The number of hydrogen-bond acceptors (Lipinski definition) is 5. The van der Waals surface area contributed by atoms with Gasteiger partial charge in [-0.3, -0.25) is 4.79 Å². The zero-order valence-corrected chi connectivity index (χ0v) is 19.9. The fourth-order valence-corrected chi connectivity index (χ4v) is 6.52. The van der Waals surface area contributed by atoms with E-state index in [1.807, 2.05) is 60.7 Å². The number of nitrogens with one attached hydrogen (secondary N) is 1. The number of hydrogen-bond donors (Lipinski definition) is 1. The van der Waals surface area contributed by atoms with Crippen molar-refractivity contribution in [1.29, 1.82) is 0 Å². The van der Waals surface area contributed by atoms with Crippen molar-refractivity contribution in [3.63, 3.8) is 0 Å². The molecule has 1 aromatic heterocycles. The van der Waals surface area contributed by atoms with E-state index in [1.165, 1.54) is 35.1 Å². The van der Waals surface area contributed by atoms with Crippen molar-refractivity contribution in [3.05, 3.63) is 82.2 Å². The third kappa shape index (κ3) is 4.92. The Balaban J connectivity index is 1.66. The van der Waals surface area contributed by atoms with Gasteiger partial charge in [0.25, 0.3) is 0 Å². The van der Waals surface area contributed by atoms with Crippen molar-refractivity contribution >= 4 is 40.0 Å². The molecule has 2 aromatic carbocycles. The lowest BCUT2D eigenvalue weighted by molar-refractivity contribution is -0.115. The first kappa shape index (κ1) is 22.6. The molecule has 0 fully saturated rings. The number of thiophene rings is 1. The molecule has 1 aliphatic rings. The predicted octanol–water partition coefficient (Wildman–Crippen LogP) is 6.52. The molecule has 2 atom stereocenters. The van der Waals surface area contributed by atoms with Gasteiger partial charge in [-0.2, -0.15) is 0 Å². The maximum Gasteiger partial charge on any atom is 0.341 e. The Bertz CT molecular complexity index is 1080. The molecule has 0 aliphatic heterocycles. The molecule has 0 spiro atoms. The highest BCUT2D eigenvalue weighted by Crippen LogP contribution is 2.42. The van der Waals surface area contributed by atoms with Crippen LogP contribution in [0.5, 0.6) is 0 Å². The molecule has 0 saturated carbocycles. The number of thioether (sulfide) groups is 1. The van der Waals surface area contributed by atoms with Crippen LogP contribution < -0.4 is 5.32 Å². The van der Waals surface area contributed by atoms with Crippen molar-refractivity contribution in [2.75, 3.05) is 12.4 Å². The Morgan fingerprint density at radius 2 is 1.81 bits per heavy atom. The molecule has 1 amide bonds. The van der Waals surface area contributed by atoms with Crippen LogP contribution in [0.4, 0.5) is 5.00 Å². The lowest BCUT2D eigenvalue weighted by Crippen LogP contribution is -2.20. The van der Waals surface area contributed by atoms with Gasteiger partial charge in [0, 0.05) is 9.77 Å². The fourth-order valence-electron chi connectivity index (χ4n) is 4.12. The molecule has 4 rings (SSSR count). The number of rotatable bonds is 7. The average molecular weight is 466 g/mol. The molecule has 6 heteroatoms. The van der Waals surface area contributed by atoms with Crippen LogP contribution in [0.2, 0.25) is 0 Å². The van der Waals surface area contributed by atoms with Crippen molar-refractivity contribution in [3.8, 4) is 0 Å². The van der Waals surface area contributed by atoms with Gasteiger partial charge in [-0.05, 0) is 48.4 Å². The Kier molecular flexibility index (Phi) is 7.33. The number of methoxy groups -OCH3 is 1. The van der Waals surface area contributed by atoms with Gasteiger partial charge in [0.05, 0.1) is 12.7 Å².